The Kier molecular flexibility index (Phi) is 11.1. The lowest BCUT2D eigenvalue weighted by molar-refractivity contribution is -0.141. The first-order chi connectivity index (χ1) is 24.7. The van der Waals surface area contributed by atoms with E-state index in [0.29, 0.717) is 36.9 Å². The number of likely N-dealkylation sites (tertiary alicyclic amines) is 2. The molecule has 1 aromatic carbocycles. The van der Waals surface area contributed by atoms with Crippen molar-refractivity contribution in [3.05, 3.63) is 53.9 Å². The summed E-state index contributed by atoms with van der Waals surface area (Å²) in [6, 6.07) is 11.4. The molecule has 11 nitrogen and oxygen atoms in total. The average Bonchev–Trinajstić information content (AvgIpc) is 3.89. The maximum atomic E-state index is 14.2. The van der Waals surface area contributed by atoms with E-state index in [4.69, 9.17) is 9.26 Å². The topological polar surface area (TPSA) is 109 Å². The van der Waals surface area contributed by atoms with Crippen LogP contribution in [0.25, 0.3) is 11.3 Å². The summed E-state index contributed by atoms with van der Waals surface area (Å²) in [6.07, 6.45) is 12.6. The molecule has 7 rings (SSSR count). The number of carbonyl (C=O) groups is 2. The molecule has 3 aliphatic heterocycles. The third-order valence-electron chi connectivity index (χ3n) is 11.9. The summed E-state index contributed by atoms with van der Waals surface area (Å²) in [5.41, 5.74) is 3.12. The van der Waals surface area contributed by atoms with Crippen LogP contribution in [0.15, 0.2) is 47.1 Å². The smallest absolute Gasteiger partial charge is 0.243 e. The van der Waals surface area contributed by atoms with Crippen molar-refractivity contribution < 1.29 is 18.8 Å². The highest BCUT2D eigenvalue weighted by molar-refractivity contribution is 5.91. The third kappa shape index (κ3) is 8.19. The molecule has 1 N–H and O–H groups in total. The Balaban J connectivity index is 0.909. The van der Waals surface area contributed by atoms with Gasteiger partial charge in [-0.25, -0.2) is 0 Å². The highest BCUT2D eigenvalue weighted by Crippen LogP contribution is 2.34. The van der Waals surface area contributed by atoms with Crippen LogP contribution in [0.1, 0.15) is 102 Å². The Bertz CT molecular complexity index is 1600. The van der Waals surface area contributed by atoms with Crippen LogP contribution >= 0.6 is 0 Å². The van der Waals surface area contributed by atoms with Crippen molar-refractivity contribution in [2.24, 2.45) is 18.9 Å². The predicted molar refractivity (Wildman–Crippen MR) is 197 cm³/mol. The van der Waals surface area contributed by atoms with Crippen LogP contribution in [0.4, 0.5) is 5.82 Å². The zero-order valence-electron chi connectivity index (χ0n) is 31.0. The van der Waals surface area contributed by atoms with Crippen molar-refractivity contribution in [3.8, 4) is 11.3 Å². The van der Waals surface area contributed by atoms with Gasteiger partial charge in [0.15, 0.2) is 11.6 Å². The van der Waals surface area contributed by atoms with Crippen molar-refractivity contribution in [2.45, 2.75) is 109 Å². The number of hydrogen-bond acceptors (Lipinski definition) is 8. The fraction of sp³-hybridized carbons (Fsp3) is 0.650. The summed E-state index contributed by atoms with van der Waals surface area (Å²) in [7, 11) is 1.92. The molecule has 3 atom stereocenters. The van der Waals surface area contributed by atoms with Gasteiger partial charge in [-0.05, 0) is 93.7 Å². The van der Waals surface area contributed by atoms with E-state index in [-0.39, 0.29) is 23.8 Å². The van der Waals surface area contributed by atoms with E-state index in [9.17, 15) is 9.59 Å². The van der Waals surface area contributed by atoms with Gasteiger partial charge in [0.05, 0.1) is 23.9 Å². The number of hydrogen-bond donors (Lipinski definition) is 1. The van der Waals surface area contributed by atoms with Crippen LogP contribution in [0.5, 0.6) is 0 Å². The maximum Gasteiger partial charge on any atom is 0.243 e. The molecule has 2 aromatic heterocycles. The van der Waals surface area contributed by atoms with E-state index >= 15 is 0 Å². The van der Waals surface area contributed by atoms with Crippen LogP contribution in [-0.2, 0) is 21.4 Å². The van der Waals surface area contributed by atoms with E-state index in [2.05, 4.69) is 37.5 Å². The molecule has 0 radical (unpaired) electrons. The number of amides is 2. The molecule has 3 saturated heterocycles. The Morgan fingerprint density at radius 2 is 1.63 bits per heavy atom. The van der Waals surface area contributed by atoms with Crippen molar-refractivity contribution in [1.29, 1.82) is 0 Å². The lowest BCUT2D eigenvalue weighted by atomic mass is 9.91. The van der Waals surface area contributed by atoms with Crippen molar-refractivity contribution in [2.75, 3.05) is 44.2 Å². The average molecular weight is 700 g/mol. The molecular weight excluding hydrogens is 642 g/mol. The van der Waals surface area contributed by atoms with E-state index in [1.807, 2.05) is 56.8 Å². The first-order valence-corrected chi connectivity index (χ1v) is 19.5. The van der Waals surface area contributed by atoms with Gasteiger partial charge in [-0.2, -0.15) is 5.10 Å². The SMILES string of the molecule is CC(NC(=O)C1CCCN1C(=O)C(c1cc(N2CCC(CN3CCC(OC4CCC4)CC3)CC2)no1)C(C)C)c1ccc(-c2ccnn2C)cc1. The van der Waals surface area contributed by atoms with E-state index in [1.54, 1.807) is 11.1 Å². The minimum Gasteiger partial charge on any atom is -0.375 e. The number of aryl methyl sites for hydroxylation is 1. The largest absolute Gasteiger partial charge is 0.375 e. The Hall–Kier alpha value is -3.70. The summed E-state index contributed by atoms with van der Waals surface area (Å²) >= 11 is 0. The van der Waals surface area contributed by atoms with Crippen LogP contribution in [0.2, 0.25) is 0 Å². The molecule has 11 heteroatoms. The minimum absolute atomic E-state index is 0.00604. The van der Waals surface area contributed by atoms with Gasteiger partial charge in [0.25, 0.3) is 0 Å². The van der Waals surface area contributed by atoms with E-state index in [0.717, 1.165) is 80.9 Å². The van der Waals surface area contributed by atoms with Crippen molar-refractivity contribution >= 4 is 17.6 Å². The molecule has 51 heavy (non-hydrogen) atoms. The number of carbonyl (C=O) groups excluding carboxylic acids is 2. The normalized spacial score (nSPS) is 22.3. The molecule has 2 amide bonds. The second kappa shape index (κ2) is 15.9. The van der Waals surface area contributed by atoms with Crippen LogP contribution < -0.4 is 10.2 Å². The number of rotatable bonds is 12. The van der Waals surface area contributed by atoms with E-state index in [1.165, 1.54) is 25.8 Å². The van der Waals surface area contributed by atoms with Gasteiger partial charge >= 0.3 is 0 Å². The monoisotopic (exact) mass is 699 g/mol. The van der Waals surface area contributed by atoms with Gasteiger partial charge in [0.2, 0.25) is 11.8 Å². The highest BCUT2D eigenvalue weighted by Gasteiger charge is 2.41. The molecule has 3 aromatic rings. The Morgan fingerprint density at radius 1 is 0.902 bits per heavy atom. The zero-order chi connectivity index (χ0) is 35.5. The summed E-state index contributed by atoms with van der Waals surface area (Å²) in [5, 5.41) is 11.9. The molecule has 276 valence electrons. The summed E-state index contributed by atoms with van der Waals surface area (Å²) in [6.45, 7) is 12.0. The summed E-state index contributed by atoms with van der Waals surface area (Å²) < 4.78 is 14.0. The fourth-order valence-electron chi connectivity index (χ4n) is 8.50. The van der Waals surface area contributed by atoms with Gasteiger partial charge in [0.1, 0.15) is 12.0 Å². The van der Waals surface area contributed by atoms with Crippen LogP contribution in [-0.4, -0.2) is 94.1 Å². The number of anilines is 1. The first-order valence-electron chi connectivity index (χ1n) is 19.5. The van der Waals surface area contributed by atoms with Gasteiger partial charge in [0, 0.05) is 58.6 Å². The molecule has 4 aliphatic rings. The number of nitrogens with one attached hydrogen (secondary N) is 1. The minimum atomic E-state index is -0.502. The number of benzene rings is 1. The Labute approximate surface area is 303 Å². The van der Waals surface area contributed by atoms with Crippen LogP contribution in [0, 0.1) is 11.8 Å². The van der Waals surface area contributed by atoms with Gasteiger partial charge in [-0.15, -0.1) is 0 Å². The third-order valence-corrected chi connectivity index (χ3v) is 11.9. The summed E-state index contributed by atoms with van der Waals surface area (Å²) in [5.74, 6) is 1.42. The highest BCUT2D eigenvalue weighted by atomic mass is 16.5. The van der Waals surface area contributed by atoms with Crippen molar-refractivity contribution in [3.63, 3.8) is 0 Å². The second-order valence-corrected chi connectivity index (χ2v) is 15.8. The fourth-order valence-corrected chi connectivity index (χ4v) is 8.50. The lowest BCUT2D eigenvalue weighted by Gasteiger charge is -2.39. The molecule has 1 saturated carbocycles. The molecule has 1 aliphatic carbocycles. The number of aromatic nitrogens is 3. The molecule has 5 heterocycles. The zero-order valence-corrected chi connectivity index (χ0v) is 31.0. The number of ether oxygens (including phenoxy) is 1. The molecule has 4 fully saturated rings. The van der Waals surface area contributed by atoms with Gasteiger partial charge in [-0.1, -0.05) is 43.3 Å². The van der Waals surface area contributed by atoms with Gasteiger partial charge < -0.3 is 29.3 Å². The molecular formula is C40H57N7O4. The quantitative estimate of drug-likeness (QED) is 0.248. The van der Waals surface area contributed by atoms with Crippen LogP contribution in [0.3, 0.4) is 0 Å². The molecule has 0 spiro atoms. The molecule has 3 unspecified atom stereocenters. The summed E-state index contributed by atoms with van der Waals surface area (Å²) in [4.78, 5) is 34.5. The van der Waals surface area contributed by atoms with Crippen molar-refractivity contribution in [1.82, 2.24) is 30.1 Å². The number of nitrogens with zero attached hydrogens (tertiary/aromatic N) is 6. The first kappa shape index (κ1) is 35.7. The van der Waals surface area contributed by atoms with E-state index < -0.39 is 12.0 Å². The second-order valence-electron chi connectivity index (χ2n) is 15.8. The maximum absolute atomic E-state index is 14.2. The lowest BCUT2D eigenvalue weighted by Crippen LogP contribution is -2.48. The predicted octanol–water partition coefficient (Wildman–Crippen LogP) is 5.93. The standard InChI is InChI=1S/C40H57N7O4/c1-27(2)38(36-25-37(43-51-36)46-23-15-29(16-24-46)26-45-21-17-33(18-22-45)50-32-7-5-8-32)40(49)47-20-6-9-35(47)39(48)42-28(3)30-10-12-31(13-11-30)34-14-19-41-44(34)4/h10-14,19,25,27-29,32-33,35,38H,5-9,15-18,20-24,26H2,1-4H3,(H,42,48). The molecule has 0 bridgehead atoms. The Morgan fingerprint density at radius 3 is 2.27 bits per heavy atom. The number of piperidine rings is 2. The van der Waals surface area contributed by atoms with Gasteiger partial charge in [-0.3, -0.25) is 14.3 Å².